The van der Waals surface area contributed by atoms with Crippen LogP contribution in [0.3, 0.4) is 0 Å². The second kappa shape index (κ2) is 7.35. The number of hydrazone groups is 1. The molecule has 0 saturated carbocycles. The van der Waals surface area contributed by atoms with Crippen molar-refractivity contribution in [2.75, 3.05) is 39.3 Å². The fourth-order valence-corrected chi connectivity index (χ4v) is 2.83. The van der Waals surface area contributed by atoms with Crippen LogP contribution in [0.4, 0.5) is 0 Å². The quantitative estimate of drug-likeness (QED) is 0.483. The standard InChI is InChI=1S/C15H18N6OS/c16-4-6-20-7-9-21(10-8-20)15(23)19-18-12-3-11-22-13-2-1-5-17-14(12)13/h1-2,5H,3,6-11H2,(H,19,23)/b18-12-. The van der Waals surface area contributed by atoms with Crippen molar-refractivity contribution in [3.8, 4) is 11.8 Å². The molecule has 120 valence electrons. The Hall–Kier alpha value is -2.24. The van der Waals surface area contributed by atoms with Crippen molar-refractivity contribution in [2.45, 2.75) is 6.42 Å². The molecule has 0 radical (unpaired) electrons. The predicted octanol–water partition coefficient (Wildman–Crippen LogP) is 0.584. The number of thiocarbonyl (C=S) groups is 1. The van der Waals surface area contributed by atoms with Gasteiger partial charge in [-0.15, -0.1) is 0 Å². The van der Waals surface area contributed by atoms with E-state index in [9.17, 15) is 0 Å². The minimum Gasteiger partial charge on any atom is -0.491 e. The van der Waals surface area contributed by atoms with E-state index in [0.717, 1.165) is 43.3 Å². The van der Waals surface area contributed by atoms with Gasteiger partial charge in [0.15, 0.2) is 5.11 Å². The lowest BCUT2D eigenvalue weighted by Gasteiger charge is -2.34. The Bertz CT molecular complexity index is 648. The number of rotatable bonds is 2. The molecule has 2 aliphatic rings. The number of hydrogen-bond acceptors (Lipinski definition) is 6. The minimum absolute atomic E-state index is 0.471. The second-order valence-corrected chi connectivity index (χ2v) is 5.73. The van der Waals surface area contributed by atoms with Crippen LogP contribution in [-0.2, 0) is 0 Å². The van der Waals surface area contributed by atoms with E-state index in [2.05, 4.69) is 31.4 Å². The average molecular weight is 330 g/mol. The van der Waals surface area contributed by atoms with Crippen LogP contribution in [0.15, 0.2) is 23.4 Å². The molecule has 1 fully saturated rings. The van der Waals surface area contributed by atoms with E-state index < -0.39 is 0 Å². The summed E-state index contributed by atoms with van der Waals surface area (Å²) in [7, 11) is 0. The maximum absolute atomic E-state index is 8.72. The van der Waals surface area contributed by atoms with Gasteiger partial charge in [-0.05, 0) is 24.4 Å². The Morgan fingerprint density at radius 1 is 1.43 bits per heavy atom. The van der Waals surface area contributed by atoms with E-state index >= 15 is 0 Å². The van der Waals surface area contributed by atoms with Gasteiger partial charge in [-0.1, -0.05) is 0 Å². The molecule has 1 N–H and O–H groups in total. The second-order valence-electron chi connectivity index (χ2n) is 5.35. The van der Waals surface area contributed by atoms with Crippen molar-refractivity contribution in [1.29, 1.82) is 5.26 Å². The summed E-state index contributed by atoms with van der Waals surface area (Å²) in [6.07, 6.45) is 2.44. The van der Waals surface area contributed by atoms with E-state index in [1.54, 1.807) is 6.20 Å². The molecule has 0 spiro atoms. The third-order valence-electron chi connectivity index (χ3n) is 3.88. The predicted molar refractivity (Wildman–Crippen MR) is 90.2 cm³/mol. The summed E-state index contributed by atoms with van der Waals surface area (Å²) in [6, 6.07) is 5.92. The molecular weight excluding hydrogens is 312 g/mol. The average Bonchev–Trinajstić information content (AvgIpc) is 2.60. The molecular formula is C15H18N6OS. The van der Waals surface area contributed by atoms with Crippen LogP contribution in [-0.4, -0.2) is 64.9 Å². The van der Waals surface area contributed by atoms with Gasteiger partial charge in [-0.3, -0.25) is 15.3 Å². The van der Waals surface area contributed by atoms with E-state index in [1.807, 2.05) is 12.1 Å². The van der Waals surface area contributed by atoms with Crippen molar-refractivity contribution in [1.82, 2.24) is 20.2 Å². The molecule has 23 heavy (non-hydrogen) atoms. The first kappa shape index (κ1) is 15.6. The highest BCUT2D eigenvalue weighted by molar-refractivity contribution is 7.80. The molecule has 3 heterocycles. The largest absolute Gasteiger partial charge is 0.491 e. The zero-order chi connectivity index (χ0) is 16.1. The molecule has 0 unspecified atom stereocenters. The number of ether oxygens (including phenoxy) is 1. The van der Waals surface area contributed by atoms with Gasteiger partial charge in [-0.25, -0.2) is 0 Å². The summed E-state index contributed by atoms with van der Waals surface area (Å²) in [5.41, 5.74) is 4.61. The third-order valence-corrected chi connectivity index (χ3v) is 4.23. The number of nitrogens with one attached hydrogen (secondary N) is 1. The van der Waals surface area contributed by atoms with Crippen LogP contribution in [0.25, 0.3) is 0 Å². The lowest BCUT2D eigenvalue weighted by Crippen LogP contribution is -2.51. The maximum atomic E-state index is 8.72. The van der Waals surface area contributed by atoms with Crippen LogP contribution < -0.4 is 10.2 Å². The van der Waals surface area contributed by atoms with Crippen LogP contribution in [0.1, 0.15) is 12.1 Å². The topological polar surface area (TPSA) is 76.8 Å². The Morgan fingerprint density at radius 3 is 3.04 bits per heavy atom. The molecule has 0 aliphatic carbocycles. The molecule has 0 bridgehead atoms. The SMILES string of the molecule is N#CCN1CCN(C(=S)N/N=C2/CCOc3cccnc32)CC1. The highest BCUT2D eigenvalue weighted by Gasteiger charge is 2.20. The van der Waals surface area contributed by atoms with Gasteiger partial charge in [0.2, 0.25) is 0 Å². The number of hydrogen-bond donors (Lipinski definition) is 1. The molecule has 0 amide bonds. The van der Waals surface area contributed by atoms with Crippen molar-refractivity contribution >= 4 is 23.0 Å². The number of aromatic nitrogens is 1. The lowest BCUT2D eigenvalue weighted by atomic mass is 10.1. The van der Waals surface area contributed by atoms with E-state index in [0.29, 0.717) is 24.7 Å². The van der Waals surface area contributed by atoms with Gasteiger partial charge < -0.3 is 9.64 Å². The number of piperazine rings is 1. The summed E-state index contributed by atoms with van der Waals surface area (Å²) < 4.78 is 5.57. The highest BCUT2D eigenvalue weighted by atomic mass is 32.1. The molecule has 1 saturated heterocycles. The number of pyridine rings is 1. The van der Waals surface area contributed by atoms with Crippen LogP contribution in [0.2, 0.25) is 0 Å². The Labute approximate surface area is 140 Å². The zero-order valence-electron chi connectivity index (χ0n) is 12.7. The van der Waals surface area contributed by atoms with Gasteiger partial charge in [0, 0.05) is 38.8 Å². The van der Waals surface area contributed by atoms with Crippen molar-refractivity contribution in [3.05, 3.63) is 24.0 Å². The van der Waals surface area contributed by atoms with Crippen LogP contribution >= 0.6 is 12.2 Å². The van der Waals surface area contributed by atoms with Gasteiger partial charge in [-0.2, -0.15) is 10.4 Å². The third kappa shape index (κ3) is 3.75. The highest BCUT2D eigenvalue weighted by Crippen LogP contribution is 2.21. The first-order valence-electron chi connectivity index (χ1n) is 7.57. The molecule has 8 heteroatoms. The van der Waals surface area contributed by atoms with Gasteiger partial charge in [0.25, 0.3) is 0 Å². The molecule has 0 aromatic carbocycles. The Balaban J connectivity index is 1.59. The van der Waals surface area contributed by atoms with Crippen molar-refractivity contribution in [3.63, 3.8) is 0 Å². The monoisotopic (exact) mass is 330 g/mol. The molecule has 2 aliphatic heterocycles. The van der Waals surface area contributed by atoms with Gasteiger partial charge >= 0.3 is 0 Å². The Kier molecular flexibility index (Phi) is 5.00. The lowest BCUT2D eigenvalue weighted by molar-refractivity contribution is 0.198. The van der Waals surface area contributed by atoms with E-state index in [4.69, 9.17) is 22.2 Å². The molecule has 3 rings (SSSR count). The molecule has 0 atom stereocenters. The fraction of sp³-hybridized carbons (Fsp3) is 0.467. The first-order chi connectivity index (χ1) is 11.3. The number of fused-ring (bicyclic) bond motifs is 1. The maximum Gasteiger partial charge on any atom is 0.189 e. The van der Waals surface area contributed by atoms with Gasteiger partial charge in [0.1, 0.15) is 11.4 Å². The minimum atomic E-state index is 0.471. The zero-order valence-corrected chi connectivity index (χ0v) is 13.6. The summed E-state index contributed by atoms with van der Waals surface area (Å²) in [5, 5.41) is 13.8. The van der Waals surface area contributed by atoms with Gasteiger partial charge in [0.05, 0.1) is 24.9 Å². The summed E-state index contributed by atoms with van der Waals surface area (Å²) in [5.74, 6) is 0.760. The summed E-state index contributed by atoms with van der Waals surface area (Å²) in [6.45, 7) is 4.35. The van der Waals surface area contributed by atoms with E-state index in [-0.39, 0.29) is 0 Å². The Morgan fingerprint density at radius 2 is 2.26 bits per heavy atom. The normalized spacial score (nSPS) is 19.6. The van der Waals surface area contributed by atoms with Crippen molar-refractivity contribution < 1.29 is 4.74 Å². The van der Waals surface area contributed by atoms with Crippen LogP contribution in [0.5, 0.6) is 5.75 Å². The summed E-state index contributed by atoms with van der Waals surface area (Å²) in [4.78, 5) is 8.52. The van der Waals surface area contributed by atoms with E-state index in [1.165, 1.54) is 0 Å². The summed E-state index contributed by atoms with van der Waals surface area (Å²) >= 11 is 5.42. The van der Waals surface area contributed by atoms with Crippen LogP contribution in [0, 0.1) is 11.3 Å². The molecule has 1 aromatic rings. The molecule has 7 nitrogen and oxygen atoms in total. The smallest absolute Gasteiger partial charge is 0.189 e. The first-order valence-corrected chi connectivity index (χ1v) is 7.97. The fourth-order valence-electron chi connectivity index (χ4n) is 2.60. The van der Waals surface area contributed by atoms with Crippen molar-refractivity contribution in [2.24, 2.45) is 5.10 Å². The molecule has 1 aromatic heterocycles. The number of nitriles is 1. The number of nitrogens with zero attached hydrogens (tertiary/aromatic N) is 5.